The third-order valence-electron chi connectivity index (χ3n) is 4.87. The Balaban J connectivity index is 1.55. The Morgan fingerprint density at radius 2 is 1.97 bits per heavy atom. The Bertz CT molecular complexity index is 1230. The molecule has 1 atom stereocenters. The van der Waals surface area contributed by atoms with E-state index in [0.29, 0.717) is 22.2 Å². The zero-order valence-electron chi connectivity index (χ0n) is 16.4. The number of hydrogen-bond acceptors (Lipinski definition) is 4. The van der Waals surface area contributed by atoms with Crippen LogP contribution in [0.2, 0.25) is 10.0 Å². The molecule has 6 nitrogen and oxygen atoms in total. The third kappa shape index (κ3) is 4.01. The first-order valence-corrected chi connectivity index (χ1v) is 10.2. The molecule has 0 saturated heterocycles. The van der Waals surface area contributed by atoms with E-state index in [1.165, 1.54) is 0 Å². The Labute approximate surface area is 183 Å². The standard InChI is InChI=1S/C22H19Cl2N5O/c1-13(11-16-8-9-17(23)12-18(16)24)26-22(30)20-14(2)29(28-27-20)19-7-3-5-15-6-4-10-25-21(15)19/h3-10,12-13H,11H2,1-2H3,(H,26,30). The van der Waals surface area contributed by atoms with Crippen LogP contribution in [0.5, 0.6) is 0 Å². The molecule has 2 aromatic carbocycles. The molecular formula is C22H19Cl2N5O. The summed E-state index contributed by atoms with van der Waals surface area (Å²) >= 11 is 12.2. The van der Waals surface area contributed by atoms with Gasteiger partial charge in [-0.15, -0.1) is 5.10 Å². The van der Waals surface area contributed by atoms with Crippen molar-refractivity contribution in [3.05, 3.63) is 81.7 Å². The van der Waals surface area contributed by atoms with E-state index >= 15 is 0 Å². The number of halogens is 2. The lowest BCUT2D eigenvalue weighted by molar-refractivity contribution is 0.0934. The molecule has 0 aliphatic heterocycles. The average Bonchev–Trinajstić information content (AvgIpc) is 3.11. The second-order valence-corrected chi connectivity index (χ2v) is 7.95. The van der Waals surface area contributed by atoms with Crippen LogP contribution >= 0.6 is 23.2 Å². The fourth-order valence-electron chi connectivity index (χ4n) is 3.39. The molecule has 0 aliphatic carbocycles. The molecule has 0 saturated carbocycles. The Hall–Kier alpha value is -2.96. The summed E-state index contributed by atoms with van der Waals surface area (Å²) in [5.41, 5.74) is 3.40. The van der Waals surface area contributed by atoms with Crippen LogP contribution in [0.1, 0.15) is 28.7 Å². The summed E-state index contributed by atoms with van der Waals surface area (Å²) in [5.74, 6) is -0.287. The molecule has 0 spiro atoms. The molecule has 4 rings (SSSR count). The van der Waals surface area contributed by atoms with Gasteiger partial charge in [-0.25, -0.2) is 4.68 Å². The molecule has 0 radical (unpaired) electrons. The quantitative estimate of drug-likeness (QED) is 0.484. The molecule has 0 fully saturated rings. The van der Waals surface area contributed by atoms with Gasteiger partial charge < -0.3 is 5.32 Å². The fourth-order valence-corrected chi connectivity index (χ4v) is 3.87. The van der Waals surface area contributed by atoms with Gasteiger partial charge in [-0.3, -0.25) is 9.78 Å². The van der Waals surface area contributed by atoms with Gasteiger partial charge in [0, 0.05) is 27.7 Å². The predicted octanol–water partition coefficient (Wildman–Crippen LogP) is 4.79. The number of fused-ring (bicyclic) bond motifs is 1. The highest BCUT2D eigenvalue weighted by molar-refractivity contribution is 6.35. The smallest absolute Gasteiger partial charge is 0.273 e. The molecule has 2 heterocycles. The highest BCUT2D eigenvalue weighted by Gasteiger charge is 2.20. The number of rotatable bonds is 5. The number of benzene rings is 2. The zero-order valence-corrected chi connectivity index (χ0v) is 17.9. The van der Waals surface area contributed by atoms with Crippen LogP contribution in [0.3, 0.4) is 0 Å². The van der Waals surface area contributed by atoms with Gasteiger partial charge in [0.1, 0.15) is 0 Å². The zero-order chi connectivity index (χ0) is 21.3. The number of hydrogen-bond donors (Lipinski definition) is 1. The lowest BCUT2D eigenvalue weighted by atomic mass is 10.1. The van der Waals surface area contributed by atoms with Crippen molar-refractivity contribution >= 4 is 40.0 Å². The van der Waals surface area contributed by atoms with Crippen LogP contribution in [0.4, 0.5) is 0 Å². The SMILES string of the molecule is Cc1c(C(=O)NC(C)Cc2ccc(Cl)cc2Cl)nnn1-c1cccc2cccnc12. The molecule has 1 amide bonds. The highest BCUT2D eigenvalue weighted by Crippen LogP contribution is 2.23. The normalized spacial score (nSPS) is 12.1. The largest absolute Gasteiger partial charge is 0.348 e. The molecule has 152 valence electrons. The van der Waals surface area contributed by atoms with Crippen LogP contribution in [-0.4, -0.2) is 31.9 Å². The summed E-state index contributed by atoms with van der Waals surface area (Å²) in [6.07, 6.45) is 2.30. The maximum Gasteiger partial charge on any atom is 0.273 e. The van der Waals surface area contributed by atoms with Crippen molar-refractivity contribution < 1.29 is 4.79 Å². The Morgan fingerprint density at radius 3 is 2.77 bits per heavy atom. The average molecular weight is 440 g/mol. The summed E-state index contributed by atoms with van der Waals surface area (Å²) < 4.78 is 1.64. The molecular weight excluding hydrogens is 421 g/mol. The molecule has 0 aliphatic rings. The van der Waals surface area contributed by atoms with E-state index in [2.05, 4.69) is 20.6 Å². The van der Waals surface area contributed by atoms with Gasteiger partial charge in [0.05, 0.1) is 16.9 Å². The minimum Gasteiger partial charge on any atom is -0.348 e. The van der Waals surface area contributed by atoms with Gasteiger partial charge in [-0.1, -0.05) is 52.7 Å². The van der Waals surface area contributed by atoms with E-state index in [0.717, 1.165) is 22.2 Å². The molecule has 1 N–H and O–H groups in total. The fraction of sp³-hybridized carbons (Fsp3) is 0.182. The van der Waals surface area contributed by atoms with Crippen molar-refractivity contribution in [3.8, 4) is 5.69 Å². The minimum absolute atomic E-state index is 0.153. The molecule has 8 heteroatoms. The van der Waals surface area contributed by atoms with Crippen molar-refractivity contribution in [3.63, 3.8) is 0 Å². The van der Waals surface area contributed by atoms with Gasteiger partial charge >= 0.3 is 0 Å². The lowest BCUT2D eigenvalue weighted by Gasteiger charge is -2.14. The van der Waals surface area contributed by atoms with Gasteiger partial charge in [-0.05, 0) is 50.1 Å². The van der Waals surface area contributed by atoms with Crippen LogP contribution < -0.4 is 5.32 Å². The lowest BCUT2D eigenvalue weighted by Crippen LogP contribution is -2.34. The second-order valence-electron chi connectivity index (χ2n) is 7.10. The van der Waals surface area contributed by atoms with Gasteiger partial charge in [0.15, 0.2) is 5.69 Å². The maximum atomic E-state index is 12.8. The Kier molecular flexibility index (Phi) is 5.70. The Morgan fingerprint density at radius 1 is 1.17 bits per heavy atom. The summed E-state index contributed by atoms with van der Waals surface area (Å²) in [7, 11) is 0. The third-order valence-corrected chi connectivity index (χ3v) is 5.45. The molecule has 4 aromatic rings. The van der Waals surface area contributed by atoms with Gasteiger partial charge in [0.2, 0.25) is 0 Å². The van der Waals surface area contributed by atoms with Crippen molar-refractivity contribution in [2.75, 3.05) is 0 Å². The van der Waals surface area contributed by atoms with Crippen LogP contribution in [-0.2, 0) is 6.42 Å². The molecule has 1 unspecified atom stereocenters. The number of nitrogens with one attached hydrogen (secondary N) is 1. The number of carbonyl (C=O) groups excluding carboxylic acids is 1. The summed E-state index contributed by atoms with van der Waals surface area (Å²) in [4.78, 5) is 17.3. The maximum absolute atomic E-state index is 12.8. The van der Waals surface area contributed by atoms with E-state index in [1.54, 1.807) is 23.0 Å². The summed E-state index contributed by atoms with van der Waals surface area (Å²) in [5, 5.41) is 13.4. The first-order chi connectivity index (χ1) is 14.4. The van der Waals surface area contributed by atoms with Crippen molar-refractivity contribution in [1.29, 1.82) is 0 Å². The van der Waals surface area contributed by atoms with Crippen molar-refractivity contribution in [2.24, 2.45) is 0 Å². The summed E-state index contributed by atoms with van der Waals surface area (Å²) in [6, 6.07) is 14.9. The second kappa shape index (κ2) is 8.42. The predicted molar refractivity (Wildman–Crippen MR) is 118 cm³/mol. The molecule has 2 aromatic heterocycles. The highest BCUT2D eigenvalue weighted by atomic mass is 35.5. The van der Waals surface area contributed by atoms with E-state index in [9.17, 15) is 4.79 Å². The number of nitrogens with zero attached hydrogens (tertiary/aromatic N) is 4. The van der Waals surface area contributed by atoms with E-state index in [-0.39, 0.29) is 17.6 Å². The minimum atomic E-state index is -0.287. The van der Waals surface area contributed by atoms with Gasteiger partial charge in [0.25, 0.3) is 5.91 Å². The summed E-state index contributed by atoms with van der Waals surface area (Å²) in [6.45, 7) is 3.73. The number of aromatic nitrogens is 4. The first-order valence-electron chi connectivity index (χ1n) is 9.45. The number of para-hydroxylation sites is 1. The number of amides is 1. The monoisotopic (exact) mass is 439 g/mol. The number of carbonyl (C=O) groups is 1. The van der Waals surface area contributed by atoms with E-state index < -0.39 is 0 Å². The molecule has 0 bridgehead atoms. The van der Waals surface area contributed by atoms with Crippen molar-refractivity contribution in [1.82, 2.24) is 25.3 Å². The number of pyridine rings is 1. The van der Waals surface area contributed by atoms with Crippen LogP contribution in [0, 0.1) is 6.92 Å². The van der Waals surface area contributed by atoms with Gasteiger partial charge in [-0.2, -0.15) is 0 Å². The topological polar surface area (TPSA) is 72.7 Å². The van der Waals surface area contributed by atoms with Crippen LogP contribution in [0.25, 0.3) is 16.6 Å². The van der Waals surface area contributed by atoms with E-state index in [1.807, 2.05) is 50.2 Å². The van der Waals surface area contributed by atoms with Crippen molar-refractivity contribution in [2.45, 2.75) is 26.3 Å². The molecule has 30 heavy (non-hydrogen) atoms. The van der Waals surface area contributed by atoms with Crippen LogP contribution in [0.15, 0.2) is 54.7 Å². The first kappa shape index (κ1) is 20.3. The van der Waals surface area contributed by atoms with E-state index in [4.69, 9.17) is 23.2 Å².